The van der Waals surface area contributed by atoms with Crippen LogP contribution in [0.4, 0.5) is 13.2 Å². The van der Waals surface area contributed by atoms with Crippen LogP contribution >= 0.6 is 0 Å². The zero-order valence-corrected chi connectivity index (χ0v) is 9.76. The summed E-state index contributed by atoms with van der Waals surface area (Å²) in [6, 6.07) is 0. The van der Waals surface area contributed by atoms with Crippen molar-refractivity contribution in [2.45, 2.75) is 44.9 Å². The molecule has 0 aromatic heterocycles. The minimum absolute atomic E-state index is 0.0241. The van der Waals surface area contributed by atoms with Crippen LogP contribution in [0.15, 0.2) is 0 Å². The summed E-state index contributed by atoms with van der Waals surface area (Å²) in [6.45, 7) is 1.69. The van der Waals surface area contributed by atoms with Gasteiger partial charge in [-0.3, -0.25) is 4.79 Å². The van der Waals surface area contributed by atoms with Crippen LogP contribution in [0.1, 0.15) is 32.6 Å². The third-order valence-corrected chi connectivity index (χ3v) is 3.13. The van der Waals surface area contributed by atoms with Gasteiger partial charge in [0.2, 0.25) is 5.91 Å². The Balaban J connectivity index is 2.34. The first-order valence-electron chi connectivity index (χ1n) is 5.83. The van der Waals surface area contributed by atoms with E-state index in [2.05, 4.69) is 5.32 Å². The highest BCUT2D eigenvalue weighted by Gasteiger charge is 2.42. The topological polar surface area (TPSA) is 49.3 Å². The molecule has 0 radical (unpaired) electrons. The van der Waals surface area contributed by atoms with Crippen LogP contribution in [0.2, 0.25) is 0 Å². The van der Waals surface area contributed by atoms with Crippen LogP contribution in [-0.4, -0.2) is 29.8 Å². The van der Waals surface area contributed by atoms with Gasteiger partial charge in [0.1, 0.15) is 0 Å². The maximum atomic E-state index is 12.4. The number of carbonyl (C=O) groups is 1. The molecule has 1 aliphatic rings. The molecule has 0 bridgehead atoms. The number of aliphatic hydroxyl groups is 1. The lowest BCUT2D eigenvalue weighted by Gasteiger charge is -2.29. The Morgan fingerprint density at radius 2 is 1.88 bits per heavy atom. The number of amides is 1. The molecule has 3 nitrogen and oxygen atoms in total. The lowest BCUT2D eigenvalue weighted by Crippen LogP contribution is -2.38. The molecule has 0 aliphatic heterocycles. The van der Waals surface area contributed by atoms with Crippen molar-refractivity contribution < 1.29 is 23.1 Å². The van der Waals surface area contributed by atoms with Gasteiger partial charge in [-0.15, -0.1) is 0 Å². The summed E-state index contributed by atoms with van der Waals surface area (Å²) < 4.78 is 37.2. The highest BCUT2D eigenvalue weighted by molar-refractivity contribution is 5.78. The molecule has 1 aliphatic carbocycles. The molecule has 100 valence electrons. The standard InChI is InChI=1S/C11H18F3NO2/c1-7(16)6-15-10(17)8-2-4-9(5-3-8)11(12,13)14/h7-9,16H,2-6H2,1H3,(H,15,17). The second-order valence-corrected chi connectivity index (χ2v) is 4.68. The van der Waals surface area contributed by atoms with Crippen molar-refractivity contribution in [2.75, 3.05) is 6.54 Å². The molecule has 17 heavy (non-hydrogen) atoms. The van der Waals surface area contributed by atoms with Gasteiger partial charge in [0, 0.05) is 12.5 Å². The summed E-state index contributed by atoms with van der Waals surface area (Å²) in [5, 5.41) is 11.5. The van der Waals surface area contributed by atoms with Gasteiger partial charge in [-0.25, -0.2) is 0 Å². The van der Waals surface area contributed by atoms with E-state index in [9.17, 15) is 18.0 Å². The van der Waals surface area contributed by atoms with Gasteiger partial charge < -0.3 is 10.4 Å². The van der Waals surface area contributed by atoms with Crippen LogP contribution < -0.4 is 5.32 Å². The van der Waals surface area contributed by atoms with Crippen LogP contribution in [0, 0.1) is 11.8 Å². The fourth-order valence-electron chi connectivity index (χ4n) is 2.08. The van der Waals surface area contributed by atoms with Crippen molar-refractivity contribution in [1.29, 1.82) is 0 Å². The Morgan fingerprint density at radius 3 is 2.29 bits per heavy atom. The minimum Gasteiger partial charge on any atom is -0.392 e. The molecule has 1 atom stereocenters. The second-order valence-electron chi connectivity index (χ2n) is 4.68. The third kappa shape index (κ3) is 4.53. The Kier molecular flexibility index (Phi) is 4.80. The lowest BCUT2D eigenvalue weighted by molar-refractivity contribution is -0.184. The highest BCUT2D eigenvalue weighted by atomic mass is 19.4. The molecule has 0 aromatic rings. The van der Waals surface area contributed by atoms with Gasteiger partial charge in [0.25, 0.3) is 0 Å². The van der Waals surface area contributed by atoms with Crippen molar-refractivity contribution in [3.05, 3.63) is 0 Å². The summed E-state index contributed by atoms with van der Waals surface area (Å²) in [4.78, 5) is 11.6. The first-order valence-corrected chi connectivity index (χ1v) is 5.83. The molecule has 0 spiro atoms. The molecule has 2 N–H and O–H groups in total. The number of carbonyl (C=O) groups excluding carboxylic acids is 1. The number of halogens is 3. The van der Waals surface area contributed by atoms with Crippen LogP contribution in [0.25, 0.3) is 0 Å². The lowest BCUT2D eigenvalue weighted by atomic mass is 9.81. The predicted molar refractivity (Wildman–Crippen MR) is 56.2 cm³/mol. The largest absolute Gasteiger partial charge is 0.392 e. The van der Waals surface area contributed by atoms with Gasteiger partial charge in [0.05, 0.1) is 12.0 Å². The zero-order valence-electron chi connectivity index (χ0n) is 9.76. The molecular weight excluding hydrogens is 235 g/mol. The number of hydrogen-bond acceptors (Lipinski definition) is 2. The number of rotatable bonds is 3. The predicted octanol–water partition coefficient (Wildman–Crippen LogP) is 1.85. The normalized spacial score (nSPS) is 27.6. The maximum Gasteiger partial charge on any atom is 0.391 e. The molecule has 0 saturated heterocycles. The molecule has 1 rings (SSSR count). The summed E-state index contributed by atoms with van der Waals surface area (Å²) in [5.74, 6) is -1.85. The monoisotopic (exact) mass is 253 g/mol. The number of nitrogens with one attached hydrogen (secondary N) is 1. The maximum absolute atomic E-state index is 12.4. The fourth-order valence-corrected chi connectivity index (χ4v) is 2.08. The van der Waals surface area contributed by atoms with Crippen molar-refractivity contribution in [3.63, 3.8) is 0 Å². The van der Waals surface area contributed by atoms with E-state index < -0.39 is 18.2 Å². The Hall–Kier alpha value is -0.780. The molecule has 1 unspecified atom stereocenters. The van der Waals surface area contributed by atoms with Gasteiger partial charge >= 0.3 is 6.18 Å². The van der Waals surface area contributed by atoms with Gasteiger partial charge in [-0.05, 0) is 32.6 Å². The summed E-state index contributed by atoms with van der Waals surface area (Å²) in [7, 11) is 0. The molecule has 0 heterocycles. The van der Waals surface area contributed by atoms with Crippen LogP contribution in [0.3, 0.4) is 0 Å². The average Bonchev–Trinajstić information content (AvgIpc) is 2.25. The van der Waals surface area contributed by atoms with E-state index in [-0.39, 0.29) is 44.1 Å². The number of hydrogen-bond donors (Lipinski definition) is 2. The molecule has 6 heteroatoms. The average molecular weight is 253 g/mol. The van der Waals surface area contributed by atoms with Crippen LogP contribution in [-0.2, 0) is 4.79 Å². The second kappa shape index (κ2) is 5.71. The SMILES string of the molecule is CC(O)CNC(=O)C1CCC(C(F)(F)F)CC1. The molecule has 1 fully saturated rings. The summed E-state index contributed by atoms with van der Waals surface area (Å²) >= 11 is 0. The van der Waals surface area contributed by atoms with E-state index in [0.29, 0.717) is 0 Å². The minimum atomic E-state index is -4.14. The van der Waals surface area contributed by atoms with Crippen molar-refractivity contribution in [2.24, 2.45) is 11.8 Å². The van der Waals surface area contributed by atoms with E-state index in [1.165, 1.54) is 0 Å². The van der Waals surface area contributed by atoms with E-state index in [4.69, 9.17) is 5.11 Å². The van der Waals surface area contributed by atoms with E-state index >= 15 is 0 Å². The Morgan fingerprint density at radius 1 is 1.35 bits per heavy atom. The molecule has 1 saturated carbocycles. The first-order chi connectivity index (χ1) is 7.80. The van der Waals surface area contributed by atoms with E-state index in [1.807, 2.05) is 0 Å². The van der Waals surface area contributed by atoms with E-state index in [0.717, 1.165) is 0 Å². The smallest absolute Gasteiger partial charge is 0.391 e. The summed E-state index contributed by atoms with van der Waals surface area (Å²) in [5.41, 5.74) is 0. The van der Waals surface area contributed by atoms with Crippen molar-refractivity contribution in [3.8, 4) is 0 Å². The third-order valence-electron chi connectivity index (χ3n) is 3.13. The van der Waals surface area contributed by atoms with Gasteiger partial charge in [0.15, 0.2) is 0 Å². The molecular formula is C11H18F3NO2. The van der Waals surface area contributed by atoms with Crippen molar-refractivity contribution in [1.82, 2.24) is 5.32 Å². The summed E-state index contributed by atoms with van der Waals surface area (Å²) in [6.07, 6.45) is -4.18. The van der Waals surface area contributed by atoms with E-state index in [1.54, 1.807) is 6.92 Å². The highest BCUT2D eigenvalue weighted by Crippen LogP contribution is 2.39. The van der Waals surface area contributed by atoms with Gasteiger partial charge in [-0.1, -0.05) is 0 Å². The zero-order chi connectivity index (χ0) is 13.1. The first kappa shape index (κ1) is 14.3. The molecule has 0 aromatic carbocycles. The number of aliphatic hydroxyl groups excluding tert-OH is 1. The molecule has 1 amide bonds. The Bertz CT molecular complexity index is 258. The Labute approximate surface area is 98.4 Å². The van der Waals surface area contributed by atoms with Gasteiger partial charge in [-0.2, -0.15) is 13.2 Å². The fraction of sp³-hybridized carbons (Fsp3) is 0.909. The van der Waals surface area contributed by atoms with Crippen LogP contribution in [0.5, 0.6) is 0 Å². The van der Waals surface area contributed by atoms with Crippen molar-refractivity contribution >= 4 is 5.91 Å². The quantitative estimate of drug-likeness (QED) is 0.806. The number of alkyl halides is 3.